The molecule has 10 heteroatoms. The molecule has 10 nitrogen and oxygen atoms in total. The Kier molecular flexibility index (Phi) is 6.91. The molecule has 2 atom stereocenters. The van der Waals surface area contributed by atoms with Crippen LogP contribution in [0.15, 0.2) is 0 Å². The van der Waals surface area contributed by atoms with E-state index < -0.39 is 48.4 Å². The van der Waals surface area contributed by atoms with Crippen LogP contribution in [-0.4, -0.2) is 64.8 Å². The van der Waals surface area contributed by atoms with Gasteiger partial charge in [-0.15, -0.1) is 0 Å². The summed E-state index contributed by atoms with van der Waals surface area (Å²) in [5.74, 6) is -2.14. The highest BCUT2D eigenvalue weighted by Gasteiger charge is 2.56. The molecule has 2 N–H and O–H groups in total. The number of nitrogens with zero attached hydrogens (tertiary/aromatic N) is 1. The molecule has 3 rings (SSSR count). The number of carbonyl (C=O) groups excluding carboxylic acids is 5. The van der Waals surface area contributed by atoms with Gasteiger partial charge < -0.3 is 19.8 Å². The average molecular weight is 476 g/mol. The number of hydrogen-bond acceptors (Lipinski definition) is 7. The van der Waals surface area contributed by atoms with Crippen molar-refractivity contribution in [2.24, 2.45) is 11.3 Å². The van der Waals surface area contributed by atoms with Gasteiger partial charge in [-0.25, -0.2) is 9.59 Å². The summed E-state index contributed by atoms with van der Waals surface area (Å²) in [4.78, 5) is 66.6. The van der Waals surface area contributed by atoms with Crippen molar-refractivity contribution in [2.45, 2.75) is 66.3 Å². The summed E-state index contributed by atoms with van der Waals surface area (Å²) in [5.41, 5.74) is 0.121. The van der Waals surface area contributed by atoms with Crippen molar-refractivity contribution in [3.05, 3.63) is 22.5 Å². The molecule has 2 fully saturated rings. The van der Waals surface area contributed by atoms with Crippen molar-refractivity contribution in [3.63, 3.8) is 0 Å². The van der Waals surface area contributed by atoms with E-state index in [-0.39, 0.29) is 29.2 Å². The minimum atomic E-state index is -1.02. The van der Waals surface area contributed by atoms with Crippen molar-refractivity contribution in [1.29, 1.82) is 0 Å². The number of esters is 2. The predicted molar refractivity (Wildman–Crippen MR) is 121 cm³/mol. The number of aromatic nitrogens is 1. The molecule has 0 aromatic carbocycles. The summed E-state index contributed by atoms with van der Waals surface area (Å²) >= 11 is 0. The molecular formula is C24H33N3O7. The van der Waals surface area contributed by atoms with Crippen LogP contribution in [0.4, 0.5) is 4.79 Å². The lowest BCUT2D eigenvalue weighted by molar-refractivity contribution is -0.147. The van der Waals surface area contributed by atoms with E-state index in [2.05, 4.69) is 24.1 Å². The molecule has 0 radical (unpaired) electrons. The van der Waals surface area contributed by atoms with Gasteiger partial charge in [-0.1, -0.05) is 20.8 Å². The second kappa shape index (κ2) is 9.23. The summed E-state index contributed by atoms with van der Waals surface area (Å²) in [6.07, 6.45) is 1.95. The summed E-state index contributed by atoms with van der Waals surface area (Å²) in [7, 11) is 0. The molecule has 1 aromatic rings. The number of imide groups is 1. The Morgan fingerprint density at radius 3 is 2.41 bits per heavy atom. The summed E-state index contributed by atoms with van der Waals surface area (Å²) in [5, 5.41) is 2.80. The molecule has 3 amide bonds. The first-order valence-corrected chi connectivity index (χ1v) is 11.5. The van der Waals surface area contributed by atoms with Crippen molar-refractivity contribution >= 4 is 29.7 Å². The topological polar surface area (TPSA) is 135 Å². The molecule has 1 aliphatic heterocycles. The average Bonchev–Trinajstić information content (AvgIpc) is 3.12. The Balaban J connectivity index is 1.64. The number of ketones is 1. The normalized spacial score (nSPS) is 23.7. The molecule has 1 aliphatic carbocycles. The summed E-state index contributed by atoms with van der Waals surface area (Å²) in [6.45, 7) is 10.1. The monoisotopic (exact) mass is 475 g/mol. The first-order chi connectivity index (χ1) is 15.8. The first kappa shape index (κ1) is 25.5. The van der Waals surface area contributed by atoms with Crippen molar-refractivity contribution in [2.75, 3.05) is 19.8 Å². The van der Waals surface area contributed by atoms with Gasteiger partial charge in [0.1, 0.15) is 17.8 Å². The smallest absolute Gasteiger partial charge is 0.355 e. The minimum Gasteiger partial charge on any atom is -0.461 e. The van der Waals surface area contributed by atoms with Gasteiger partial charge in [0.2, 0.25) is 5.78 Å². The summed E-state index contributed by atoms with van der Waals surface area (Å²) in [6, 6.07) is -0.630. The van der Waals surface area contributed by atoms with Crippen LogP contribution in [0.2, 0.25) is 0 Å². The number of aryl methyl sites for hydroxylation is 1. The summed E-state index contributed by atoms with van der Waals surface area (Å²) < 4.78 is 10.1. The van der Waals surface area contributed by atoms with E-state index in [4.69, 9.17) is 9.47 Å². The highest BCUT2D eigenvalue weighted by molar-refractivity contribution is 6.09. The van der Waals surface area contributed by atoms with Crippen LogP contribution in [0.1, 0.15) is 79.1 Å². The van der Waals surface area contributed by atoms with E-state index in [0.29, 0.717) is 24.1 Å². The van der Waals surface area contributed by atoms with Crippen molar-refractivity contribution < 1.29 is 33.4 Å². The maximum absolute atomic E-state index is 13.2. The van der Waals surface area contributed by atoms with E-state index in [1.54, 1.807) is 20.8 Å². The number of hydrogen-bond donors (Lipinski definition) is 2. The molecule has 2 unspecified atom stereocenters. The van der Waals surface area contributed by atoms with Crippen molar-refractivity contribution in [3.8, 4) is 0 Å². The number of rotatable bonds is 7. The SMILES string of the molecule is CCOC(=O)c1[nH]c(C)c(C(=O)COC(=O)CN2C(=O)NC3(CC(C)CC(C)(C)C3)C2=O)c1C. The zero-order valence-electron chi connectivity index (χ0n) is 20.6. The van der Waals surface area contributed by atoms with Gasteiger partial charge in [0, 0.05) is 11.3 Å². The zero-order valence-corrected chi connectivity index (χ0v) is 20.6. The van der Waals surface area contributed by atoms with E-state index >= 15 is 0 Å². The standard InChI is InChI=1S/C24H33N3O7/c1-7-33-20(30)19-14(3)18(15(4)25-19)16(28)11-34-17(29)10-27-21(31)24(26-22(27)32)9-13(2)8-23(5,6)12-24/h13,25H,7-12H2,1-6H3,(H,26,32). The quantitative estimate of drug-likeness (QED) is 0.352. The number of Topliss-reactive ketones (excluding diaryl/α,β-unsaturated/α-hetero) is 1. The molecule has 1 saturated carbocycles. The fourth-order valence-corrected chi connectivity index (χ4v) is 5.62. The maximum Gasteiger partial charge on any atom is 0.355 e. The molecule has 2 heterocycles. The van der Waals surface area contributed by atoms with Gasteiger partial charge in [0.05, 0.1) is 6.61 Å². The Morgan fingerprint density at radius 1 is 1.12 bits per heavy atom. The number of amides is 3. The first-order valence-electron chi connectivity index (χ1n) is 11.5. The Labute approximate surface area is 198 Å². The third-order valence-corrected chi connectivity index (χ3v) is 6.47. The van der Waals surface area contributed by atoms with Crippen LogP contribution >= 0.6 is 0 Å². The van der Waals surface area contributed by atoms with E-state index in [1.807, 2.05) is 6.92 Å². The van der Waals surface area contributed by atoms with E-state index in [1.165, 1.54) is 0 Å². The molecule has 1 aromatic heterocycles. The van der Waals surface area contributed by atoms with Crippen LogP contribution < -0.4 is 5.32 Å². The van der Waals surface area contributed by atoms with Gasteiger partial charge in [0.15, 0.2) is 6.61 Å². The maximum atomic E-state index is 13.2. The second-order valence-corrected chi connectivity index (χ2v) is 10.2. The van der Waals surface area contributed by atoms with E-state index in [0.717, 1.165) is 11.3 Å². The Hall–Kier alpha value is -3.17. The molecular weight excluding hydrogens is 442 g/mol. The van der Waals surface area contributed by atoms with Gasteiger partial charge in [-0.2, -0.15) is 0 Å². The lowest BCUT2D eigenvalue weighted by Crippen LogP contribution is -2.54. The highest BCUT2D eigenvalue weighted by atomic mass is 16.5. The third-order valence-electron chi connectivity index (χ3n) is 6.47. The number of aromatic amines is 1. The minimum absolute atomic E-state index is 0.127. The fourth-order valence-electron chi connectivity index (χ4n) is 5.62. The highest BCUT2D eigenvalue weighted by Crippen LogP contribution is 2.46. The van der Waals surface area contributed by atoms with Gasteiger partial charge in [0.25, 0.3) is 5.91 Å². The lowest BCUT2D eigenvalue weighted by atomic mass is 9.64. The molecule has 0 bridgehead atoms. The lowest BCUT2D eigenvalue weighted by Gasteiger charge is -2.43. The fraction of sp³-hybridized carbons (Fsp3) is 0.625. The number of ether oxygens (including phenoxy) is 2. The zero-order chi connectivity index (χ0) is 25.4. The molecule has 2 aliphatic rings. The van der Waals surface area contributed by atoms with Crippen LogP contribution in [0, 0.1) is 25.2 Å². The second-order valence-electron chi connectivity index (χ2n) is 10.2. The number of carbonyl (C=O) groups is 5. The third kappa shape index (κ3) is 4.85. The largest absolute Gasteiger partial charge is 0.461 e. The predicted octanol–water partition coefficient (Wildman–Crippen LogP) is 2.67. The molecule has 1 saturated heterocycles. The van der Waals surface area contributed by atoms with Crippen LogP contribution in [0.3, 0.4) is 0 Å². The number of H-pyrrole nitrogens is 1. The van der Waals surface area contributed by atoms with Crippen LogP contribution in [-0.2, 0) is 19.1 Å². The molecule has 34 heavy (non-hydrogen) atoms. The van der Waals surface area contributed by atoms with Gasteiger partial charge in [-0.3, -0.25) is 19.3 Å². The Morgan fingerprint density at radius 2 is 1.79 bits per heavy atom. The van der Waals surface area contributed by atoms with Crippen LogP contribution in [0.5, 0.6) is 0 Å². The van der Waals surface area contributed by atoms with Crippen LogP contribution in [0.25, 0.3) is 0 Å². The van der Waals surface area contributed by atoms with E-state index in [9.17, 15) is 24.0 Å². The van der Waals surface area contributed by atoms with Gasteiger partial charge in [-0.05, 0) is 56.9 Å². The van der Waals surface area contributed by atoms with Crippen molar-refractivity contribution in [1.82, 2.24) is 15.2 Å². The Bertz CT molecular complexity index is 1040. The molecule has 186 valence electrons. The van der Waals surface area contributed by atoms with Gasteiger partial charge >= 0.3 is 18.0 Å². The number of nitrogens with one attached hydrogen (secondary N) is 2. The molecule has 1 spiro atoms. The number of urea groups is 1.